The maximum absolute atomic E-state index is 3.88. The molecule has 0 N–H and O–H groups in total. The van der Waals surface area contributed by atoms with E-state index < -0.39 is 0 Å². The van der Waals surface area contributed by atoms with Crippen molar-refractivity contribution in [2.45, 2.75) is 54.4 Å². The van der Waals surface area contributed by atoms with Gasteiger partial charge in [0.05, 0.1) is 0 Å². The van der Waals surface area contributed by atoms with E-state index in [4.69, 9.17) is 0 Å². The third-order valence-corrected chi connectivity index (χ3v) is 2.62. The Kier molecular flexibility index (Phi) is 7.47. The lowest BCUT2D eigenvalue weighted by Gasteiger charge is -2.31. The molecule has 0 fully saturated rings. The number of rotatable bonds is 5. The summed E-state index contributed by atoms with van der Waals surface area (Å²) < 4.78 is 0. The van der Waals surface area contributed by atoms with Crippen LogP contribution < -0.4 is 0 Å². The van der Waals surface area contributed by atoms with Gasteiger partial charge in [0.25, 0.3) is 0 Å². The van der Waals surface area contributed by atoms with Crippen LogP contribution in [-0.2, 0) is 0 Å². The van der Waals surface area contributed by atoms with E-state index in [1.54, 1.807) is 0 Å². The molecule has 0 aliphatic carbocycles. The molecule has 1 unspecified atom stereocenters. The Bertz CT molecular complexity index is 111. The Hall–Kier alpha value is -0.260. The summed E-state index contributed by atoms with van der Waals surface area (Å²) in [6.45, 7) is 13.0. The molecule has 0 heterocycles. The molecule has 0 heteroatoms. The molecule has 0 nitrogen and oxygen atoms in total. The van der Waals surface area contributed by atoms with Crippen LogP contribution in [0.25, 0.3) is 0 Å². The van der Waals surface area contributed by atoms with Crippen molar-refractivity contribution in [1.82, 2.24) is 0 Å². The Balaban J connectivity index is 0. The van der Waals surface area contributed by atoms with Crippen LogP contribution in [0.15, 0.2) is 12.7 Å². The summed E-state index contributed by atoms with van der Waals surface area (Å²) in [6.07, 6.45) is 5.90. The van der Waals surface area contributed by atoms with Crippen molar-refractivity contribution in [2.75, 3.05) is 0 Å². The average Bonchev–Trinajstić information content (AvgIpc) is 1.89. The highest BCUT2D eigenvalue weighted by atomic mass is 14.3. The average molecular weight is 170 g/mol. The molecular weight excluding hydrogens is 144 g/mol. The third-order valence-electron chi connectivity index (χ3n) is 2.62. The molecule has 0 aromatic rings. The molecule has 0 saturated heterocycles. The van der Waals surface area contributed by atoms with Crippen LogP contribution in [-0.4, -0.2) is 0 Å². The highest BCUT2D eigenvalue weighted by Crippen LogP contribution is 2.34. The van der Waals surface area contributed by atoms with Crippen molar-refractivity contribution in [3.05, 3.63) is 12.7 Å². The maximum atomic E-state index is 3.88. The summed E-state index contributed by atoms with van der Waals surface area (Å²) in [7, 11) is 0. The Labute approximate surface area is 79.1 Å². The largest absolute Gasteiger partial charge is 0.103 e. The molecule has 0 bridgehead atoms. The fourth-order valence-corrected chi connectivity index (χ4v) is 1.87. The van der Waals surface area contributed by atoms with Crippen LogP contribution in [0.4, 0.5) is 0 Å². The van der Waals surface area contributed by atoms with E-state index in [1.165, 1.54) is 19.3 Å². The van der Waals surface area contributed by atoms with Gasteiger partial charge in [-0.15, -0.1) is 6.58 Å². The molecular formula is C12H26. The van der Waals surface area contributed by atoms with Crippen molar-refractivity contribution in [2.24, 2.45) is 11.3 Å². The smallest absolute Gasteiger partial charge is 0.0187 e. The van der Waals surface area contributed by atoms with E-state index in [0.717, 1.165) is 0 Å². The molecule has 0 aromatic carbocycles. The van der Waals surface area contributed by atoms with E-state index >= 15 is 0 Å². The third kappa shape index (κ3) is 3.94. The first-order valence-electron chi connectivity index (χ1n) is 4.71. The first-order chi connectivity index (χ1) is 5.08. The summed E-state index contributed by atoms with van der Waals surface area (Å²) in [5.74, 6) is 0.683. The fourth-order valence-electron chi connectivity index (χ4n) is 1.87. The van der Waals surface area contributed by atoms with E-state index in [-0.39, 0.29) is 7.43 Å². The summed E-state index contributed by atoms with van der Waals surface area (Å²) in [5.41, 5.74) is 0.450. The molecule has 12 heavy (non-hydrogen) atoms. The zero-order valence-corrected chi connectivity index (χ0v) is 8.48. The minimum Gasteiger partial charge on any atom is -0.103 e. The van der Waals surface area contributed by atoms with Gasteiger partial charge in [-0.25, -0.2) is 0 Å². The van der Waals surface area contributed by atoms with Gasteiger partial charge in [0.1, 0.15) is 0 Å². The second kappa shape index (κ2) is 6.28. The van der Waals surface area contributed by atoms with Crippen LogP contribution in [0, 0.1) is 11.3 Å². The zero-order valence-electron chi connectivity index (χ0n) is 8.48. The lowest BCUT2D eigenvalue weighted by atomic mass is 9.74. The van der Waals surface area contributed by atoms with Crippen LogP contribution in [0.1, 0.15) is 54.4 Å². The van der Waals surface area contributed by atoms with Gasteiger partial charge in [0, 0.05) is 0 Å². The summed E-state index contributed by atoms with van der Waals surface area (Å²) in [5, 5.41) is 0. The van der Waals surface area contributed by atoms with Crippen LogP contribution in [0.5, 0.6) is 0 Å². The monoisotopic (exact) mass is 170 g/mol. The molecule has 0 radical (unpaired) electrons. The standard InChI is InChI=1S/C11H22.CH4/c1-6-9-11(4,5)10(7-2)8-3;/h7,10H,2,6,8-9H2,1,3-5H3;1H4. The molecule has 0 aromatic heterocycles. The van der Waals surface area contributed by atoms with Crippen molar-refractivity contribution in [1.29, 1.82) is 0 Å². The molecule has 0 amide bonds. The van der Waals surface area contributed by atoms with Gasteiger partial charge in [-0.05, 0) is 24.2 Å². The maximum Gasteiger partial charge on any atom is -0.0187 e. The quantitative estimate of drug-likeness (QED) is 0.526. The Morgan fingerprint density at radius 2 is 1.83 bits per heavy atom. The van der Waals surface area contributed by atoms with Gasteiger partial charge < -0.3 is 0 Å². The Morgan fingerprint density at radius 1 is 1.33 bits per heavy atom. The fraction of sp³-hybridized carbons (Fsp3) is 0.833. The molecule has 0 rings (SSSR count). The SMILES string of the molecule is C.C=CC(CC)C(C)(C)CCC. The number of allylic oxidation sites excluding steroid dienone is 1. The lowest BCUT2D eigenvalue weighted by molar-refractivity contribution is 0.230. The Morgan fingerprint density at radius 3 is 2.08 bits per heavy atom. The zero-order chi connectivity index (χ0) is 8.91. The summed E-state index contributed by atoms with van der Waals surface area (Å²) >= 11 is 0. The first kappa shape index (κ1) is 14.3. The van der Waals surface area contributed by atoms with Crippen molar-refractivity contribution >= 4 is 0 Å². The second-order valence-corrected chi connectivity index (χ2v) is 3.99. The highest BCUT2D eigenvalue weighted by Gasteiger charge is 2.24. The molecule has 1 atom stereocenters. The first-order valence-corrected chi connectivity index (χ1v) is 4.71. The predicted molar refractivity (Wildman–Crippen MR) is 59.4 cm³/mol. The topological polar surface area (TPSA) is 0 Å². The van der Waals surface area contributed by atoms with E-state index in [9.17, 15) is 0 Å². The molecule has 0 saturated carbocycles. The van der Waals surface area contributed by atoms with Crippen LogP contribution in [0.2, 0.25) is 0 Å². The summed E-state index contributed by atoms with van der Waals surface area (Å²) in [4.78, 5) is 0. The van der Waals surface area contributed by atoms with Gasteiger partial charge in [-0.2, -0.15) is 0 Å². The van der Waals surface area contributed by atoms with Gasteiger partial charge in [-0.1, -0.05) is 47.6 Å². The van der Waals surface area contributed by atoms with E-state index in [1.807, 2.05) is 0 Å². The van der Waals surface area contributed by atoms with Crippen LogP contribution >= 0.6 is 0 Å². The van der Waals surface area contributed by atoms with Gasteiger partial charge >= 0.3 is 0 Å². The van der Waals surface area contributed by atoms with Gasteiger partial charge in [-0.3, -0.25) is 0 Å². The molecule has 0 aliphatic heterocycles. The van der Waals surface area contributed by atoms with Crippen molar-refractivity contribution in [3.8, 4) is 0 Å². The molecule has 0 aliphatic rings. The minimum atomic E-state index is 0. The lowest BCUT2D eigenvalue weighted by Crippen LogP contribution is -2.21. The number of hydrogen-bond acceptors (Lipinski definition) is 0. The highest BCUT2D eigenvalue weighted by molar-refractivity contribution is 4.88. The summed E-state index contributed by atoms with van der Waals surface area (Å²) in [6, 6.07) is 0. The predicted octanol–water partition coefficient (Wildman–Crippen LogP) is 4.66. The second-order valence-electron chi connectivity index (χ2n) is 3.99. The van der Waals surface area contributed by atoms with Gasteiger partial charge in [0.15, 0.2) is 0 Å². The minimum absolute atomic E-state index is 0. The van der Waals surface area contributed by atoms with Crippen LogP contribution in [0.3, 0.4) is 0 Å². The molecule has 0 spiro atoms. The van der Waals surface area contributed by atoms with Crippen molar-refractivity contribution in [3.63, 3.8) is 0 Å². The van der Waals surface area contributed by atoms with Gasteiger partial charge in [0.2, 0.25) is 0 Å². The molecule has 74 valence electrons. The normalized spacial score (nSPS) is 13.3. The van der Waals surface area contributed by atoms with Crippen molar-refractivity contribution < 1.29 is 0 Å². The van der Waals surface area contributed by atoms with E-state index in [0.29, 0.717) is 11.3 Å². The number of hydrogen-bond donors (Lipinski definition) is 0. The van der Waals surface area contributed by atoms with E-state index in [2.05, 4.69) is 40.3 Å².